The van der Waals surface area contributed by atoms with Crippen molar-refractivity contribution in [2.24, 2.45) is 0 Å². The van der Waals surface area contributed by atoms with Crippen LogP contribution < -0.4 is 10.2 Å². The molecule has 0 spiro atoms. The first-order valence-electron chi connectivity index (χ1n) is 8.45. The Morgan fingerprint density at radius 1 is 1.12 bits per heavy atom. The van der Waals surface area contributed by atoms with Crippen molar-refractivity contribution in [3.8, 4) is 0 Å². The molecule has 0 radical (unpaired) electrons. The molecule has 0 bridgehead atoms. The van der Waals surface area contributed by atoms with Crippen molar-refractivity contribution in [3.05, 3.63) is 57.6 Å². The van der Waals surface area contributed by atoms with Gasteiger partial charge in [0, 0.05) is 25.6 Å². The fourth-order valence-corrected chi connectivity index (χ4v) is 3.16. The van der Waals surface area contributed by atoms with Gasteiger partial charge in [0.1, 0.15) is 0 Å². The van der Waals surface area contributed by atoms with Gasteiger partial charge >= 0.3 is 0 Å². The molecule has 1 N–H and O–H groups in total. The lowest BCUT2D eigenvalue weighted by Crippen LogP contribution is -2.32. The fraction of sp³-hybridized carbons (Fsp3) is 0.300. The zero-order valence-electron chi connectivity index (χ0n) is 15.1. The fourth-order valence-electron chi connectivity index (χ4n) is 2.77. The number of anilines is 2. The Labute approximate surface area is 164 Å². The Bertz CT molecular complexity index is 821. The van der Waals surface area contributed by atoms with Gasteiger partial charge in [0.05, 0.1) is 15.7 Å². The van der Waals surface area contributed by atoms with E-state index in [1.807, 2.05) is 32.0 Å². The Morgan fingerprint density at radius 3 is 2.46 bits per heavy atom. The lowest BCUT2D eigenvalue weighted by Gasteiger charge is -2.23. The second-order valence-corrected chi connectivity index (χ2v) is 6.79. The van der Waals surface area contributed by atoms with Gasteiger partial charge in [-0.15, -0.1) is 0 Å². The van der Waals surface area contributed by atoms with Crippen LogP contribution in [0.1, 0.15) is 31.4 Å². The number of benzene rings is 2. The Balaban J connectivity index is 2.12. The van der Waals surface area contributed by atoms with Crippen molar-refractivity contribution < 1.29 is 9.59 Å². The van der Waals surface area contributed by atoms with Crippen molar-refractivity contribution >= 4 is 46.4 Å². The maximum atomic E-state index is 12.4. The molecule has 0 aliphatic carbocycles. The number of hydrogen-bond donors (Lipinski definition) is 1. The van der Waals surface area contributed by atoms with Crippen molar-refractivity contribution in [2.75, 3.05) is 16.8 Å². The smallest absolute Gasteiger partial charge is 0.226 e. The highest BCUT2D eigenvalue weighted by Gasteiger charge is 2.18. The number of rotatable bonds is 6. The highest BCUT2D eigenvalue weighted by atomic mass is 35.5. The van der Waals surface area contributed by atoms with Gasteiger partial charge in [-0.2, -0.15) is 0 Å². The molecule has 2 amide bonds. The summed E-state index contributed by atoms with van der Waals surface area (Å²) in [5.74, 6) is -0.356. The molecule has 0 aliphatic heterocycles. The summed E-state index contributed by atoms with van der Waals surface area (Å²) in [5.41, 5.74) is 3.44. The summed E-state index contributed by atoms with van der Waals surface area (Å²) in [4.78, 5) is 25.9. The maximum Gasteiger partial charge on any atom is 0.226 e. The van der Waals surface area contributed by atoms with Crippen molar-refractivity contribution in [1.82, 2.24) is 0 Å². The third kappa shape index (κ3) is 4.77. The minimum Gasteiger partial charge on any atom is -0.326 e. The van der Waals surface area contributed by atoms with E-state index in [1.54, 1.807) is 18.2 Å². The molecular weight excluding hydrogens is 371 g/mol. The maximum absolute atomic E-state index is 12.4. The van der Waals surface area contributed by atoms with Gasteiger partial charge in [-0.25, -0.2) is 0 Å². The molecule has 0 aliphatic rings. The third-order valence-electron chi connectivity index (χ3n) is 4.17. The van der Waals surface area contributed by atoms with E-state index in [9.17, 15) is 9.59 Å². The highest BCUT2D eigenvalue weighted by molar-refractivity contribution is 6.44. The van der Waals surface area contributed by atoms with Crippen LogP contribution in [0.4, 0.5) is 11.4 Å². The van der Waals surface area contributed by atoms with Crippen LogP contribution in [0.3, 0.4) is 0 Å². The second kappa shape index (κ2) is 9.06. The average molecular weight is 393 g/mol. The lowest BCUT2D eigenvalue weighted by atomic mass is 10.1. The quantitative estimate of drug-likeness (QED) is 0.729. The Kier molecular flexibility index (Phi) is 7.06. The van der Waals surface area contributed by atoms with Crippen LogP contribution >= 0.6 is 23.2 Å². The monoisotopic (exact) mass is 392 g/mol. The van der Waals surface area contributed by atoms with E-state index in [2.05, 4.69) is 5.32 Å². The van der Waals surface area contributed by atoms with Gasteiger partial charge in [-0.3, -0.25) is 9.59 Å². The molecule has 6 heteroatoms. The van der Waals surface area contributed by atoms with Gasteiger partial charge < -0.3 is 10.2 Å². The molecule has 4 nitrogen and oxygen atoms in total. The molecule has 0 fully saturated rings. The van der Waals surface area contributed by atoms with Gasteiger partial charge in [0.2, 0.25) is 11.8 Å². The Hall–Kier alpha value is -2.04. The number of carbonyl (C=O) groups excluding carboxylic acids is 2. The predicted molar refractivity (Wildman–Crippen MR) is 108 cm³/mol. The first-order valence-corrected chi connectivity index (χ1v) is 9.21. The minimum absolute atomic E-state index is 0.153. The summed E-state index contributed by atoms with van der Waals surface area (Å²) in [7, 11) is 0. The number of nitrogens with zero attached hydrogens (tertiary/aromatic N) is 1. The Morgan fingerprint density at radius 2 is 1.81 bits per heavy atom. The molecule has 0 heterocycles. The van der Waals surface area contributed by atoms with Crippen molar-refractivity contribution in [2.45, 2.75) is 33.6 Å². The first kappa shape index (κ1) is 20.3. The average Bonchev–Trinajstić information content (AvgIpc) is 2.60. The summed E-state index contributed by atoms with van der Waals surface area (Å²) < 4.78 is 0. The summed E-state index contributed by atoms with van der Waals surface area (Å²) in [6, 6.07) is 11.0. The largest absolute Gasteiger partial charge is 0.326 e. The van der Waals surface area contributed by atoms with E-state index in [1.165, 1.54) is 11.8 Å². The summed E-state index contributed by atoms with van der Waals surface area (Å²) >= 11 is 12.2. The number of aryl methyl sites for hydroxylation is 2. The molecule has 26 heavy (non-hydrogen) atoms. The number of hydrogen-bond acceptors (Lipinski definition) is 2. The molecule has 0 aromatic heterocycles. The van der Waals surface area contributed by atoms with Crippen molar-refractivity contribution in [3.63, 3.8) is 0 Å². The standard InChI is InChI=1S/C20H22Cl2N2O2/c1-4-15-8-5-7-13(2)20(15)23-18(26)11-12-24(14(3)25)17-10-6-9-16(21)19(17)22/h5-10H,4,11-12H2,1-3H3,(H,23,26). The number of amides is 2. The molecule has 2 aromatic carbocycles. The SMILES string of the molecule is CCc1cccc(C)c1NC(=O)CCN(C(C)=O)c1cccc(Cl)c1Cl. The number of carbonyl (C=O) groups is 2. The van der Waals surface area contributed by atoms with Crippen molar-refractivity contribution in [1.29, 1.82) is 0 Å². The molecule has 0 saturated carbocycles. The molecule has 0 unspecified atom stereocenters. The van der Waals surface area contributed by atoms with Crippen LogP contribution in [0.2, 0.25) is 10.0 Å². The van der Waals surface area contributed by atoms with E-state index in [-0.39, 0.29) is 24.8 Å². The number of halogens is 2. The number of nitrogens with one attached hydrogen (secondary N) is 1. The van der Waals surface area contributed by atoms with E-state index in [0.29, 0.717) is 15.7 Å². The molecule has 2 rings (SSSR count). The van der Waals surface area contributed by atoms with Gasteiger partial charge in [0.15, 0.2) is 0 Å². The lowest BCUT2D eigenvalue weighted by molar-refractivity contribution is -0.117. The number of para-hydroxylation sites is 1. The van der Waals surface area contributed by atoms with Gasteiger partial charge in [-0.05, 0) is 36.6 Å². The topological polar surface area (TPSA) is 49.4 Å². The summed E-state index contributed by atoms with van der Waals surface area (Å²) in [5, 5.41) is 3.64. The zero-order valence-corrected chi connectivity index (χ0v) is 16.6. The van der Waals surface area contributed by atoms with Crippen LogP contribution in [-0.2, 0) is 16.0 Å². The van der Waals surface area contributed by atoms with E-state index in [4.69, 9.17) is 23.2 Å². The van der Waals surface area contributed by atoms with Gasteiger partial charge in [-0.1, -0.05) is 54.4 Å². The van der Waals surface area contributed by atoms with E-state index < -0.39 is 0 Å². The zero-order chi connectivity index (χ0) is 19.3. The van der Waals surface area contributed by atoms with E-state index in [0.717, 1.165) is 23.2 Å². The van der Waals surface area contributed by atoms with Crippen LogP contribution in [0.5, 0.6) is 0 Å². The highest BCUT2D eigenvalue weighted by Crippen LogP contribution is 2.32. The molecule has 138 valence electrons. The normalized spacial score (nSPS) is 10.5. The van der Waals surface area contributed by atoms with Crippen LogP contribution in [0.25, 0.3) is 0 Å². The van der Waals surface area contributed by atoms with Gasteiger partial charge in [0.25, 0.3) is 0 Å². The first-order chi connectivity index (χ1) is 12.3. The van der Waals surface area contributed by atoms with Crippen LogP contribution in [-0.4, -0.2) is 18.4 Å². The van der Waals surface area contributed by atoms with Crippen LogP contribution in [0.15, 0.2) is 36.4 Å². The van der Waals surface area contributed by atoms with E-state index >= 15 is 0 Å². The minimum atomic E-state index is -0.202. The molecule has 0 atom stereocenters. The summed E-state index contributed by atoms with van der Waals surface area (Å²) in [6.07, 6.45) is 0.981. The predicted octanol–water partition coefficient (Wildman–Crippen LogP) is 5.25. The summed E-state index contributed by atoms with van der Waals surface area (Å²) in [6.45, 7) is 5.66. The third-order valence-corrected chi connectivity index (χ3v) is 4.98. The molecule has 2 aromatic rings. The molecule has 0 saturated heterocycles. The van der Waals surface area contributed by atoms with Crippen LogP contribution in [0, 0.1) is 6.92 Å². The molecular formula is C20H22Cl2N2O2. The second-order valence-electron chi connectivity index (χ2n) is 6.00.